The second-order valence-electron chi connectivity index (χ2n) is 7.35. The van der Waals surface area contributed by atoms with Crippen LogP contribution in [0.25, 0.3) is 0 Å². The SMILES string of the molecule is C=CCC(C(=O)NO)[C@@H](CC(C)C)C(=O)NC(Cc1ccccc1)C(=O)OCC. The molecular weight excluding hydrogens is 372 g/mol. The van der Waals surface area contributed by atoms with E-state index in [1.807, 2.05) is 44.2 Å². The van der Waals surface area contributed by atoms with Gasteiger partial charge in [-0.15, -0.1) is 6.58 Å². The van der Waals surface area contributed by atoms with Gasteiger partial charge in [0.25, 0.3) is 0 Å². The van der Waals surface area contributed by atoms with Crippen LogP contribution in [-0.2, 0) is 25.5 Å². The molecule has 0 saturated carbocycles. The first-order chi connectivity index (χ1) is 13.8. The van der Waals surface area contributed by atoms with Crippen LogP contribution in [0.5, 0.6) is 0 Å². The third-order valence-corrected chi connectivity index (χ3v) is 4.59. The lowest BCUT2D eigenvalue weighted by molar-refractivity contribution is -0.148. The lowest BCUT2D eigenvalue weighted by Gasteiger charge is -2.27. The second kappa shape index (κ2) is 12.7. The molecule has 0 aliphatic heterocycles. The Kier molecular flexibility index (Phi) is 10.7. The number of hydrogen-bond donors (Lipinski definition) is 3. The first kappa shape index (κ1) is 24.4. The molecule has 0 heterocycles. The Morgan fingerprint density at radius 3 is 2.31 bits per heavy atom. The molecule has 7 nitrogen and oxygen atoms in total. The number of carbonyl (C=O) groups excluding carboxylic acids is 3. The van der Waals surface area contributed by atoms with E-state index in [9.17, 15) is 14.4 Å². The minimum Gasteiger partial charge on any atom is -0.464 e. The van der Waals surface area contributed by atoms with E-state index < -0.39 is 35.7 Å². The summed E-state index contributed by atoms with van der Waals surface area (Å²) in [6, 6.07) is 8.43. The highest BCUT2D eigenvalue weighted by Gasteiger charge is 2.35. The summed E-state index contributed by atoms with van der Waals surface area (Å²) in [4.78, 5) is 37.7. The van der Waals surface area contributed by atoms with E-state index in [0.717, 1.165) is 5.56 Å². The monoisotopic (exact) mass is 404 g/mol. The highest BCUT2D eigenvalue weighted by Crippen LogP contribution is 2.25. The van der Waals surface area contributed by atoms with Crippen LogP contribution in [0.3, 0.4) is 0 Å². The Hall–Kier alpha value is -2.67. The molecule has 0 bridgehead atoms. The topological polar surface area (TPSA) is 105 Å². The number of allylic oxidation sites excluding steroid dienone is 1. The first-order valence-electron chi connectivity index (χ1n) is 9.89. The van der Waals surface area contributed by atoms with Crippen molar-refractivity contribution in [1.29, 1.82) is 0 Å². The largest absolute Gasteiger partial charge is 0.464 e. The van der Waals surface area contributed by atoms with Gasteiger partial charge in [0.15, 0.2) is 0 Å². The van der Waals surface area contributed by atoms with Gasteiger partial charge >= 0.3 is 5.97 Å². The maximum absolute atomic E-state index is 13.1. The maximum Gasteiger partial charge on any atom is 0.328 e. The van der Waals surface area contributed by atoms with Crippen LogP contribution in [0, 0.1) is 17.8 Å². The third kappa shape index (κ3) is 8.07. The summed E-state index contributed by atoms with van der Waals surface area (Å²) in [5.41, 5.74) is 2.51. The highest BCUT2D eigenvalue weighted by atomic mass is 16.5. The van der Waals surface area contributed by atoms with Crippen molar-refractivity contribution in [1.82, 2.24) is 10.8 Å². The predicted molar refractivity (Wildman–Crippen MR) is 110 cm³/mol. The van der Waals surface area contributed by atoms with E-state index in [1.54, 1.807) is 12.4 Å². The Morgan fingerprint density at radius 1 is 1.14 bits per heavy atom. The van der Waals surface area contributed by atoms with Gasteiger partial charge in [0.2, 0.25) is 11.8 Å². The van der Waals surface area contributed by atoms with Crippen molar-refractivity contribution in [2.45, 2.75) is 46.1 Å². The van der Waals surface area contributed by atoms with Crippen LogP contribution in [0.1, 0.15) is 39.2 Å². The van der Waals surface area contributed by atoms with Gasteiger partial charge < -0.3 is 10.1 Å². The molecule has 0 fully saturated rings. The van der Waals surface area contributed by atoms with Crippen LogP contribution in [-0.4, -0.2) is 35.6 Å². The summed E-state index contributed by atoms with van der Waals surface area (Å²) in [6.07, 6.45) is 2.45. The van der Waals surface area contributed by atoms with Gasteiger partial charge in [-0.05, 0) is 31.2 Å². The molecule has 160 valence electrons. The zero-order chi connectivity index (χ0) is 21.8. The molecule has 0 aliphatic rings. The number of rotatable bonds is 12. The smallest absolute Gasteiger partial charge is 0.328 e. The summed E-state index contributed by atoms with van der Waals surface area (Å²) >= 11 is 0. The van der Waals surface area contributed by atoms with Crippen molar-refractivity contribution in [3.8, 4) is 0 Å². The van der Waals surface area contributed by atoms with E-state index in [0.29, 0.717) is 6.42 Å². The molecule has 0 saturated heterocycles. The molecule has 1 aromatic rings. The van der Waals surface area contributed by atoms with Crippen LogP contribution in [0.15, 0.2) is 43.0 Å². The van der Waals surface area contributed by atoms with Gasteiger partial charge in [-0.25, -0.2) is 10.3 Å². The lowest BCUT2D eigenvalue weighted by atomic mass is 9.82. The van der Waals surface area contributed by atoms with E-state index in [1.165, 1.54) is 6.08 Å². The zero-order valence-corrected chi connectivity index (χ0v) is 17.4. The Bertz CT molecular complexity index is 675. The Morgan fingerprint density at radius 2 is 1.79 bits per heavy atom. The van der Waals surface area contributed by atoms with Gasteiger partial charge in [-0.3, -0.25) is 14.8 Å². The quantitative estimate of drug-likeness (QED) is 0.215. The lowest BCUT2D eigenvalue weighted by Crippen LogP contribution is -2.49. The van der Waals surface area contributed by atoms with E-state index in [-0.39, 0.29) is 25.4 Å². The number of hydroxylamine groups is 1. The van der Waals surface area contributed by atoms with E-state index in [2.05, 4.69) is 11.9 Å². The number of esters is 1. The molecule has 0 aliphatic carbocycles. The van der Waals surface area contributed by atoms with Gasteiger partial charge in [0.1, 0.15) is 6.04 Å². The molecule has 2 amide bonds. The van der Waals surface area contributed by atoms with Crippen molar-refractivity contribution < 1.29 is 24.3 Å². The average Bonchev–Trinajstić information content (AvgIpc) is 2.70. The van der Waals surface area contributed by atoms with Gasteiger partial charge in [0, 0.05) is 6.42 Å². The summed E-state index contributed by atoms with van der Waals surface area (Å²) < 4.78 is 5.13. The van der Waals surface area contributed by atoms with Crippen molar-refractivity contribution in [2.75, 3.05) is 6.61 Å². The summed E-state index contributed by atoms with van der Waals surface area (Å²) in [5.74, 6) is -3.00. The molecule has 0 aromatic heterocycles. The number of ether oxygens (including phenoxy) is 1. The molecule has 7 heteroatoms. The molecule has 3 atom stereocenters. The van der Waals surface area contributed by atoms with Crippen molar-refractivity contribution >= 4 is 17.8 Å². The molecule has 3 N–H and O–H groups in total. The number of carbonyl (C=O) groups is 3. The van der Waals surface area contributed by atoms with Crippen LogP contribution < -0.4 is 10.8 Å². The highest BCUT2D eigenvalue weighted by molar-refractivity contribution is 5.90. The second-order valence-corrected chi connectivity index (χ2v) is 7.35. The van der Waals surface area contributed by atoms with Gasteiger partial charge in [0.05, 0.1) is 18.4 Å². The predicted octanol–water partition coefficient (Wildman–Crippen LogP) is 2.64. The number of nitrogens with one attached hydrogen (secondary N) is 2. The molecule has 1 aromatic carbocycles. The van der Waals surface area contributed by atoms with Crippen molar-refractivity contribution in [2.24, 2.45) is 17.8 Å². The van der Waals surface area contributed by atoms with Gasteiger partial charge in [-0.2, -0.15) is 0 Å². The molecule has 0 radical (unpaired) electrons. The molecule has 1 rings (SSSR count). The van der Waals surface area contributed by atoms with Gasteiger partial charge in [-0.1, -0.05) is 50.3 Å². The Balaban J connectivity index is 3.10. The fourth-order valence-electron chi connectivity index (χ4n) is 3.24. The fraction of sp³-hybridized carbons (Fsp3) is 0.500. The third-order valence-electron chi connectivity index (χ3n) is 4.59. The standard InChI is InChI=1S/C22H32N2O5/c1-5-10-17(21(26)24-28)18(13-15(3)4)20(25)23-19(22(27)29-6-2)14-16-11-8-7-9-12-16/h5,7-9,11-12,15,17-19,28H,1,6,10,13-14H2,2-4H3,(H,23,25)(H,24,26)/t17?,18-,19?/m1/s1. The average molecular weight is 405 g/mol. The number of hydrogen-bond acceptors (Lipinski definition) is 5. The fourth-order valence-corrected chi connectivity index (χ4v) is 3.24. The molecule has 2 unspecified atom stereocenters. The summed E-state index contributed by atoms with van der Waals surface area (Å²) in [5, 5.41) is 11.9. The maximum atomic E-state index is 13.1. The first-order valence-corrected chi connectivity index (χ1v) is 9.89. The zero-order valence-electron chi connectivity index (χ0n) is 17.4. The Labute approximate surface area is 172 Å². The van der Waals surface area contributed by atoms with Crippen molar-refractivity contribution in [3.63, 3.8) is 0 Å². The minimum atomic E-state index is -0.874. The number of amides is 2. The van der Waals surface area contributed by atoms with Crippen LogP contribution in [0.4, 0.5) is 0 Å². The molecule has 29 heavy (non-hydrogen) atoms. The van der Waals surface area contributed by atoms with E-state index in [4.69, 9.17) is 9.94 Å². The summed E-state index contributed by atoms with van der Waals surface area (Å²) in [7, 11) is 0. The number of benzene rings is 1. The van der Waals surface area contributed by atoms with Crippen LogP contribution in [0.2, 0.25) is 0 Å². The van der Waals surface area contributed by atoms with Crippen LogP contribution >= 0.6 is 0 Å². The van der Waals surface area contributed by atoms with E-state index >= 15 is 0 Å². The minimum absolute atomic E-state index is 0.125. The summed E-state index contributed by atoms with van der Waals surface area (Å²) in [6.45, 7) is 9.42. The molecular formula is C22H32N2O5. The van der Waals surface area contributed by atoms with Crippen molar-refractivity contribution in [3.05, 3.63) is 48.6 Å². The molecule has 0 spiro atoms. The normalized spacial score (nSPS) is 13.8.